The largest absolute Gasteiger partial charge is 0.497 e. The molecule has 2 aromatic carbocycles. The molecule has 1 aliphatic rings. The first-order chi connectivity index (χ1) is 13.7. The van der Waals surface area contributed by atoms with E-state index >= 15 is 0 Å². The molecular weight excluding hydrogens is 386 g/mol. The molecule has 2 aromatic rings. The van der Waals surface area contributed by atoms with Crippen LogP contribution in [0.15, 0.2) is 54.6 Å². The molecule has 6 heteroatoms. The Morgan fingerprint density at radius 2 is 1.86 bits per heavy atom. The van der Waals surface area contributed by atoms with Crippen LogP contribution in [0, 0.1) is 5.92 Å². The molecular formula is C23H31NO4S. The van der Waals surface area contributed by atoms with E-state index in [0.717, 1.165) is 11.1 Å². The summed E-state index contributed by atoms with van der Waals surface area (Å²) in [5.41, 5.74) is 0.533. The number of nitrogens with zero attached hydrogens (tertiary/aromatic N) is 1. The molecule has 0 spiro atoms. The number of benzene rings is 2. The zero-order valence-corrected chi connectivity index (χ0v) is 18.2. The van der Waals surface area contributed by atoms with Crippen LogP contribution in [0.2, 0.25) is 0 Å². The van der Waals surface area contributed by atoms with Gasteiger partial charge >= 0.3 is 0 Å². The van der Waals surface area contributed by atoms with Gasteiger partial charge in [-0.05, 0) is 56.6 Å². The monoisotopic (exact) mass is 417 g/mol. The minimum absolute atomic E-state index is 0.0464. The standard InChI is InChI=1S/C23H31NO4S/c1-24(2)16-20-15-22(29(26,27)17-18-8-5-4-6-9-18)12-13-23(20,25)19-10-7-11-21(14-19)28-3/h4-11,14,20,22,25H,12-13,15-17H2,1-3H3. The summed E-state index contributed by atoms with van der Waals surface area (Å²) in [7, 11) is 2.20. The molecule has 1 N–H and O–H groups in total. The van der Waals surface area contributed by atoms with Gasteiger partial charge in [0.2, 0.25) is 0 Å². The zero-order chi connectivity index (χ0) is 21.1. The Morgan fingerprint density at radius 3 is 2.52 bits per heavy atom. The van der Waals surface area contributed by atoms with Crippen LogP contribution < -0.4 is 4.74 Å². The maximum absolute atomic E-state index is 13.1. The second kappa shape index (κ2) is 8.86. The first kappa shape index (κ1) is 21.8. The third-order valence-corrected chi connectivity index (χ3v) is 8.12. The van der Waals surface area contributed by atoms with Crippen LogP contribution in [0.4, 0.5) is 0 Å². The van der Waals surface area contributed by atoms with E-state index in [0.29, 0.717) is 31.6 Å². The highest BCUT2D eigenvalue weighted by Crippen LogP contribution is 2.45. The summed E-state index contributed by atoms with van der Waals surface area (Å²) >= 11 is 0. The second-order valence-corrected chi connectivity index (χ2v) is 10.6. The fraction of sp³-hybridized carbons (Fsp3) is 0.478. The van der Waals surface area contributed by atoms with Gasteiger partial charge in [0, 0.05) is 12.5 Å². The molecule has 0 aliphatic heterocycles. The summed E-state index contributed by atoms with van der Waals surface area (Å²) in [6, 6.07) is 16.8. The van der Waals surface area contributed by atoms with Crippen LogP contribution in [0.3, 0.4) is 0 Å². The molecule has 0 saturated heterocycles. The van der Waals surface area contributed by atoms with Crippen molar-refractivity contribution in [2.24, 2.45) is 5.92 Å². The number of aliphatic hydroxyl groups is 1. The molecule has 3 atom stereocenters. The maximum atomic E-state index is 13.1. The fourth-order valence-electron chi connectivity index (χ4n) is 4.40. The lowest BCUT2D eigenvalue weighted by Gasteiger charge is -2.44. The van der Waals surface area contributed by atoms with Gasteiger partial charge in [0.1, 0.15) is 5.75 Å². The van der Waals surface area contributed by atoms with E-state index < -0.39 is 20.7 Å². The average molecular weight is 418 g/mol. The predicted octanol–water partition coefficient (Wildman–Crippen LogP) is 3.23. The highest BCUT2D eigenvalue weighted by molar-refractivity contribution is 7.91. The van der Waals surface area contributed by atoms with E-state index in [-0.39, 0.29) is 11.7 Å². The topological polar surface area (TPSA) is 66.8 Å². The van der Waals surface area contributed by atoms with Crippen molar-refractivity contribution < 1.29 is 18.3 Å². The van der Waals surface area contributed by atoms with Gasteiger partial charge in [0.25, 0.3) is 0 Å². The van der Waals surface area contributed by atoms with Crippen molar-refractivity contribution in [2.45, 2.75) is 35.9 Å². The molecule has 5 nitrogen and oxygen atoms in total. The van der Waals surface area contributed by atoms with E-state index in [1.807, 2.05) is 73.6 Å². The van der Waals surface area contributed by atoms with Gasteiger partial charge in [-0.2, -0.15) is 0 Å². The molecule has 0 radical (unpaired) electrons. The third kappa shape index (κ3) is 5.00. The SMILES string of the molecule is COc1cccc(C2(O)CCC(S(=O)(=O)Cc3ccccc3)CC2CN(C)C)c1. The summed E-state index contributed by atoms with van der Waals surface area (Å²) in [6.45, 7) is 0.616. The highest BCUT2D eigenvalue weighted by atomic mass is 32.2. The lowest BCUT2D eigenvalue weighted by molar-refractivity contribution is -0.0609. The third-order valence-electron chi connectivity index (χ3n) is 5.94. The summed E-state index contributed by atoms with van der Waals surface area (Å²) in [5.74, 6) is 0.553. The van der Waals surface area contributed by atoms with Gasteiger partial charge in [-0.15, -0.1) is 0 Å². The first-order valence-corrected chi connectivity index (χ1v) is 11.7. The zero-order valence-electron chi connectivity index (χ0n) is 17.4. The van der Waals surface area contributed by atoms with Gasteiger partial charge < -0.3 is 14.7 Å². The molecule has 0 bridgehead atoms. The minimum atomic E-state index is -3.30. The Balaban J connectivity index is 1.86. The number of sulfone groups is 1. The number of ether oxygens (including phenoxy) is 1. The smallest absolute Gasteiger partial charge is 0.157 e. The molecule has 0 amide bonds. The van der Waals surface area contributed by atoms with E-state index in [1.165, 1.54) is 0 Å². The van der Waals surface area contributed by atoms with Crippen molar-refractivity contribution in [3.05, 3.63) is 65.7 Å². The van der Waals surface area contributed by atoms with Crippen LogP contribution in [-0.4, -0.2) is 51.4 Å². The van der Waals surface area contributed by atoms with E-state index in [1.54, 1.807) is 7.11 Å². The Hall–Kier alpha value is -1.89. The summed E-state index contributed by atoms with van der Waals surface area (Å²) < 4.78 is 31.6. The predicted molar refractivity (Wildman–Crippen MR) is 116 cm³/mol. The summed E-state index contributed by atoms with van der Waals surface area (Å²) in [6.07, 6.45) is 1.31. The number of rotatable bonds is 7. The molecule has 1 saturated carbocycles. The Labute approximate surface area is 174 Å². The van der Waals surface area contributed by atoms with E-state index in [2.05, 4.69) is 0 Å². The Kier molecular flexibility index (Phi) is 6.66. The first-order valence-electron chi connectivity index (χ1n) is 10.0. The normalized spacial score (nSPS) is 25.1. The van der Waals surface area contributed by atoms with Crippen molar-refractivity contribution in [2.75, 3.05) is 27.7 Å². The number of hydrogen-bond donors (Lipinski definition) is 1. The van der Waals surface area contributed by atoms with Crippen LogP contribution in [0.1, 0.15) is 30.4 Å². The second-order valence-electron chi connectivity index (χ2n) is 8.30. The number of methoxy groups -OCH3 is 1. The van der Waals surface area contributed by atoms with Crippen LogP contribution >= 0.6 is 0 Å². The van der Waals surface area contributed by atoms with Crippen LogP contribution in [0.5, 0.6) is 5.75 Å². The molecule has 158 valence electrons. The Bertz CT molecular complexity index is 913. The molecule has 29 heavy (non-hydrogen) atoms. The van der Waals surface area contributed by atoms with Crippen molar-refractivity contribution in [1.29, 1.82) is 0 Å². The molecule has 0 aromatic heterocycles. The van der Waals surface area contributed by atoms with Gasteiger partial charge in [-0.25, -0.2) is 8.42 Å². The van der Waals surface area contributed by atoms with Crippen molar-refractivity contribution in [3.8, 4) is 5.75 Å². The van der Waals surface area contributed by atoms with Gasteiger partial charge in [0.05, 0.1) is 23.7 Å². The van der Waals surface area contributed by atoms with Crippen LogP contribution in [0.25, 0.3) is 0 Å². The molecule has 3 unspecified atom stereocenters. The quantitative estimate of drug-likeness (QED) is 0.749. The fourth-order valence-corrected chi connectivity index (χ4v) is 6.30. The minimum Gasteiger partial charge on any atom is -0.497 e. The highest BCUT2D eigenvalue weighted by Gasteiger charge is 2.46. The van der Waals surface area contributed by atoms with E-state index in [4.69, 9.17) is 4.74 Å². The average Bonchev–Trinajstić information content (AvgIpc) is 2.69. The van der Waals surface area contributed by atoms with Crippen molar-refractivity contribution >= 4 is 9.84 Å². The molecule has 1 fully saturated rings. The Morgan fingerprint density at radius 1 is 1.14 bits per heavy atom. The van der Waals surface area contributed by atoms with Gasteiger partial charge in [0.15, 0.2) is 9.84 Å². The number of hydrogen-bond acceptors (Lipinski definition) is 5. The molecule has 3 rings (SSSR count). The van der Waals surface area contributed by atoms with Gasteiger partial charge in [-0.3, -0.25) is 0 Å². The summed E-state index contributed by atoms with van der Waals surface area (Å²) in [4.78, 5) is 2.02. The molecule has 0 heterocycles. The molecule has 1 aliphatic carbocycles. The van der Waals surface area contributed by atoms with Gasteiger partial charge in [-0.1, -0.05) is 42.5 Å². The van der Waals surface area contributed by atoms with Crippen molar-refractivity contribution in [3.63, 3.8) is 0 Å². The maximum Gasteiger partial charge on any atom is 0.157 e. The van der Waals surface area contributed by atoms with Crippen LogP contribution in [-0.2, 0) is 21.2 Å². The summed E-state index contributed by atoms with van der Waals surface area (Å²) in [5, 5.41) is 11.2. The van der Waals surface area contributed by atoms with Crippen molar-refractivity contribution in [1.82, 2.24) is 4.90 Å². The lowest BCUT2D eigenvalue weighted by atomic mass is 9.71. The van der Waals surface area contributed by atoms with E-state index in [9.17, 15) is 13.5 Å². The lowest BCUT2D eigenvalue weighted by Crippen LogP contribution is -2.48.